The molecule has 136 valence electrons. The number of rotatable bonds is 5. The van der Waals surface area contributed by atoms with E-state index >= 15 is 0 Å². The number of hydrogen-bond donors (Lipinski definition) is 0. The van der Waals surface area contributed by atoms with Gasteiger partial charge in [0.05, 0.1) is 28.4 Å². The molecule has 3 rings (SSSR count). The highest BCUT2D eigenvalue weighted by Gasteiger charge is 2.12. The van der Waals surface area contributed by atoms with Crippen LogP contribution in [0.25, 0.3) is 0 Å². The van der Waals surface area contributed by atoms with Gasteiger partial charge in [-0.25, -0.2) is 4.79 Å². The van der Waals surface area contributed by atoms with Crippen molar-refractivity contribution < 1.29 is 14.3 Å². The molecule has 0 aliphatic heterocycles. The van der Waals surface area contributed by atoms with Crippen molar-refractivity contribution in [1.82, 2.24) is 0 Å². The molecule has 0 fully saturated rings. The van der Waals surface area contributed by atoms with Gasteiger partial charge in [-0.1, -0.05) is 35.3 Å². The number of methoxy groups -OCH3 is 1. The quantitative estimate of drug-likeness (QED) is 0.274. The standard InChI is InChI=1S/C20H14Cl2N2O3/c1-26-15-9-6-13(7-10-15)20(25)27-19-11-8-14(12-17(19)22)23-24-18-5-3-2-4-16(18)21/h2-12H,1H3. The van der Waals surface area contributed by atoms with Crippen molar-refractivity contribution in [2.24, 2.45) is 10.2 Å². The Morgan fingerprint density at radius 1 is 0.889 bits per heavy atom. The van der Waals surface area contributed by atoms with E-state index in [1.807, 2.05) is 12.1 Å². The lowest BCUT2D eigenvalue weighted by molar-refractivity contribution is 0.0735. The molecule has 0 atom stereocenters. The van der Waals surface area contributed by atoms with E-state index in [4.69, 9.17) is 32.7 Å². The van der Waals surface area contributed by atoms with Gasteiger partial charge >= 0.3 is 5.97 Å². The summed E-state index contributed by atoms with van der Waals surface area (Å²) in [5.41, 5.74) is 1.43. The van der Waals surface area contributed by atoms with E-state index in [9.17, 15) is 4.79 Å². The van der Waals surface area contributed by atoms with Gasteiger partial charge < -0.3 is 9.47 Å². The molecular weight excluding hydrogens is 387 g/mol. The molecule has 0 saturated heterocycles. The third-order valence-electron chi connectivity index (χ3n) is 3.57. The summed E-state index contributed by atoms with van der Waals surface area (Å²) >= 11 is 12.2. The largest absolute Gasteiger partial charge is 0.497 e. The summed E-state index contributed by atoms with van der Waals surface area (Å²) in [5.74, 6) is 0.358. The van der Waals surface area contributed by atoms with Crippen LogP contribution in [0.1, 0.15) is 10.4 Å². The number of azo groups is 1. The predicted molar refractivity (Wildman–Crippen MR) is 105 cm³/mol. The highest BCUT2D eigenvalue weighted by molar-refractivity contribution is 6.33. The Morgan fingerprint density at radius 2 is 1.63 bits per heavy atom. The molecule has 0 amide bonds. The molecule has 3 aromatic carbocycles. The van der Waals surface area contributed by atoms with Crippen LogP contribution in [0.3, 0.4) is 0 Å². The number of esters is 1. The Bertz CT molecular complexity index is 989. The van der Waals surface area contributed by atoms with Crippen LogP contribution in [0.2, 0.25) is 10.0 Å². The molecule has 0 heterocycles. The number of nitrogens with zero attached hydrogens (tertiary/aromatic N) is 2. The van der Waals surface area contributed by atoms with Gasteiger partial charge in [0.2, 0.25) is 0 Å². The molecule has 3 aromatic rings. The van der Waals surface area contributed by atoms with Crippen molar-refractivity contribution >= 4 is 40.5 Å². The van der Waals surface area contributed by atoms with Crippen molar-refractivity contribution in [3.63, 3.8) is 0 Å². The summed E-state index contributed by atoms with van der Waals surface area (Å²) < 4.78 is 10.4. The molecule has 0 aromatic heterocycles. The fourth-order valence-electron chi connectivity index (χ4n) is 2.17. The van der Waals surface area contributed by atoms with Gasteiger partial charge in [0, 0.05) is 0 Å². The van der Waals surface area contributed by atoms with Crippen LogP contribution in [0.4, 0.5) is 11.4 Å². The third kappa shape index (κ3) is 4.84. The molecule has 0 spiro atoms. The van der Waals surface area contributed by atoms with Crippen LogP contribution >= 0.6 is 23.2 Å². The van der Waals surface area contributed by atoms with Crippen molar-refractivity contribution in [3.8, 4) is 11.5 Å². The first-order chi connectivity index (χ1) is 13.1. The number of carbonyl (C=O) groups is 1. The maximum Gasteiger partial charge on any atom is 0.343 e. The zero-order valence-electron chi connectivity index (χ0n) is 14.2. The molecular formula is C20H14Cl2N2O3. The summed E-state index contributed by atoms with van der Waals surface area (Å²) in [6, 6.07) is 18.4. The lowest BCUT2D eigenvalue weighted by Crippen LogP contribution is -2.08. The van der Waals surface area contributed by atoms with E-state index in [-0.39, 0.29) is 10.8 Å². The molecule has 27 heavy (non-hydrogen) atoms. The summed E-state index contributed by atoms with van der Waals surface area (Å²) in [6.07, 6.45) is 0. The predicted octanol–water partition coefficient (Wildman–Crippen LogP) is 6.64. The summed E-state index contributed by atoms with van der Waals surface area (Å²) in [5, 5.41) is 8.92. The number of carbonyl (C=O) groups excluding carboxylic acids is 1. The van der Waals surface area contributed by atoms with E-state index < -0.39 is 5.97 Å². The lowest BCUT2D eigenvalue weighted by Gasteiger charge is -2.07. The van der Waals surface area contributed by atoms with E-state index in [1.54, 1.807) is 61.7 Å². The minimum atomic E-state index is -0.523. The van der Waals surface area contributed by atoms with Crippen LogP contribution in [0.5, 0.6) is 11.5 Å². The zero-order valence-corrected chi connectivity index (χ0v) is 15.7. The van der Waals surface area contributed by atoms with Gasteiger partial charge in [-0.05, 0) is 54.6 Å². The molecule has 5 nitrogen and oxygen atoms in total. The minimum absolute atomic E-state index is 0.231. The normalized spacial score (nSPS) is 10.8. The lowest BCUT2D eigenvalue weighted by atomic mass is 10.2. The Morgan fingerprint density at radius 3 is 2.30 bits per heavy atom. The summed E-state index contributed by atoms with van der Waals surface area (Å²) in [6.45, 7) is 0. The van der Waals surface area contributed by atoms with Crippen LogP contribution in [-0.4, -0.2) is 13.1 Å². The molecule has 7 heteroatoms. The molecule has 0 unspecified atom stereocenters. The number of halogens is 2. The highest BCUT2D eigenvalue weighted by Crippen LogP contribution is 2.31. The summed E-state index contributed by atoms with van der Waals surface area (Å²) in [7, 11) is 1.55. The SMILES string of the molecule is COc1ccc(C(=O)Oc2ccc(N=Nc3ccccc3Cl)cc2Cl)cc1. The molecule has 0 saturated carbocycles. The number of benzene rings is 3. The molecule has 0 aliphatic rings. The van der Waals surface area contributed by atoms with Gasteiger partial charge in [0.1, 0.15) is 17.2 Å². The van der Waals surface area contributed by atoms with E-state index in [2.05, 4.69) is 10.2 Å². The van der Waals surface area contributed by atoms with Gasteiger partial charge in [-0.15, -0.1) is 5.11 Å². The fraction of sp³-hybridized carbons (Fsp3) is 0.0500. The van der Waals surface area contributed by atoms with Crippen molar-refractivity contribution in [2.75, 3.05) is 7.11 Å². The van der Waals surface area contributed by atoms with Gasteiger partial charge in [-0.3, -0.25) is 0 Å². The molecule has 0 radical (unpaired) electrons. The van der Waals surface area contributed by atoms with Gasteiger partial charge in [0.25, 0.3) is 0 Å². The minimum Gasteiger partial charge on any atom is -0.497 e. The number of ether oxygens (including phenoxy) is 2. The maximum absolute atomic E-state index is 12.2. The third-order valence-corrected chi connectivity index (χ3v) is 4.18. The van der Waals surface area contributed by atoms with Crippen LogP contribution in [0, 0.1) is 0 Å². The highest BCUT2D eigenvalue weighted by atomic mass is 35.5. The molecule has 0 aliphatic carbocycles. The first-order valence-corrected chi connectivity index (χ1v) is 8.64. The average molecular weight is 401 g/mol. The van der Waals surface area contributed by atoms with E-state index in [0.29, 0.717) is 27.7 Å². The second kappa shape index (κ2) is 8.66. The van der Waals surface area contributed by atoms with Crippen molar-refractivity contribution in [1.29, 1.82) is 0 Å². The van der Waals surface area contributed by atoms with Crippen LogP contribution < -0.4 is 9.47 Å². The Hall–Kier alpha value is -2.89. The van der Waals surface area contributed by atoms with Crippen molar-refractivity contribution in [3.05, 3.63) is 82.3 Å². The average Bonchev–Trinajstić information content (AvgIpc) is 2.69. The smallest absolute Gasteiger partial charge is 0.343 e. The van der Waals surface area contributed by atoms with Gasteiger partial charge in [0.15, 0.2) is 0 Å². The Balaban J connectivity index is 1.72. The molecule has 0 N–H and O–H groups in total. The van der Waals surface area contributed by atoms with Crippen LogP contribution in [-0.2, 0) is 0 Å². The Kier molecular flexibility index (Phi) is 6.06. The Labute approximate surface area is 166 Å². The first-order valence-electron chi connectivity index (χ1n) is 7.89. The monoisotopic (exact) mass is 400 g/mol. The molecule has 0 bridgehead atoms. The second-order valence-corrected chi connectivity index (χ2v) is 6.20. The second-order valence-electron chi connectivity index (χ2n) is 5.38. The van der Waals surface area contributed by atoms with Crippen LogP contribution in [0.15, 0.2) is 77.0 Å². The first kappa shape index (κ1) is 18.9. The maximum atomic E-state index is 12.2. The van der Waals surface area contributed by atoms with E-state index in [0.717, 1.165) is 0 Å². The summed E-state index contributed by atoms with van der Waals surface area (Å²) in [4.78, 5) is 12.2. The topological polar surface area (TPSA) is 60.2 Å². The number of hydrogen-bond acceptors (Lipinski definition) is 5. The van der Waals surface area contributed by atoms with E-state index in [1.165, 1.54) is 0 Å². The van der Waals surface area contributed by atoms with Gasteiger partial charge in [-0.2, -0.15) is 5.11 Å². The fourth-order valence-corrected chi connectivity index (χ4v) is 2.55. The zero-order chi connectivity index (χ0) is 19.2. The van der Waals surface area contributed by atoms with Crippen molar-refractivity contribution in [2.45, 2.75) is 0 Å².